The fourth-order valence-corrected chi connectivity index (χ4v) is 4.58. The van der Waals surface area contributed by atoms with Gasteiger partial charge in [0.05, 0.1) is 18.2 Å². The van der Waals surface area contributed by atoms with E-state index < -0.39 is 0 Å². The maximum absolute atomic E-state index is 13.2. The zero-order valence-electron chi connectivity index (χ0n) is 15.7. The van der Waals surface area contributed by atoms with Crippen molar-refractivity contribution in [3.8, 4) is 0 Å². The molecule has 146 valence electrons. The van der Waals surface area contributed by atoms with E-state index in [1.807, 2.05) is 29.2 Å². The molecular weight excluding hydrogens is 422 g/mol. The molecule has 7 heteroatoms. The van der Waals surface area contributed by atoms with Crippen LogP contribution in [-0.2, 0) is 9.53 Å². The van der Waals surface area contributed by atoms with Crippen LogP contribution in [0.5, 0.6) is 0 Å². The lowest BCUT2D eigenvalue weighted by Gasteiger charge is -2.30. The minimum Gasteiger partial charge on any atom is -0.462 e. The topological polar surface area (TPSA) is 70.7 Å². The lowest BCUT2D eigenvalue weighted by molar-refractivity contribution is -0.119. The number of carbonyl (C=O) groups excluding carboxylic acids is 2. The third-order valence-electron chi connectivity index (χ3n) is 5.42. The van der Waals surface area contributed by atoms with E-state index >= 15 is 0 Å². The first-order valence-electron chi connectivity index (χ1n) is 9.38. The van der Waals surface area contributed by atoms with Crippen molar-refractivity contribution in [3.63, 3.8) is 0 Å². The Bertz CT molecular complexity index is 902. The molecule has 2 aliphatic rings. The SMILES string of the molecule is CCOC(=O)c1ccc(N2C(=O)C3NNC(C)C3C2c2cccc(Br)c2)cc1. The van der Waals surface area contributed by atoms with Crippen LogP contribution in [0.1, 0.15) is 35.8 Å². The van der Waals surface area contributed by atoms with E-state index in [0.717, 1.165) is 15.7 Å². The zero-order valence-corrected chi connectivity index (χ0v) is 17.3. The van der Waals surface area contributed by atoms with Gasteiger partial charge in [0.25, 0.3) is 0 Å². The van der Waals surface area contributed by atoms with Gasteiger partial charge in [-0.1, -0.05) is 28.1 Å². The summed E-state index contributed by atoms with van der Waals surface area (Å²) >= 11 is 3.54. The number of anilines is 1. The number of ether oxygens (including phenoxy) is 1. The number of esters is 1. The van der Waals surface area contributed by atoms with E-state index in [2.05, 4.69) is 45.8 Å². The van der Waals surface area contributed by atoms with Gasteiger partial charge in [-0.3, -0.25) is 10.2 Å². The third kappa shape index (κ3) is 3.23. The van der Waals surface area contributed by atoms with Crippen LogP contribution in [0.4, 0.5) is 5.69 Å². The van der Waals surface area contributed by atoms with Crippen molar-refractivity contribution in [1.82, 2.24) is 10.9 Å². The highest BCUT2D eigenvalue weighted by molar-refractivity contribution is 9.10. The molecule has 2 N–H and O–H groups in total. The summed E-state index contributed by atoms with van der Waals surface area (Å²) in [6, 6.07) is 14.9. The van der Waals surface area contributed by atoms with E-state index in [4.69, 9.17) is 4.74 Å². The number of nitrogens with one attached hydrogen (secondary N) is 2. The second-order valence-corrected chi connectivity index (χ2v) is 8.02. The van der Waals surface area contributed by atoms with Crippen LogP contribution in [0.15, 0.2) is 53.0 Å². The van der Waals surface area contributed by atoms with Gasteiger partial charge in [-0.05, 0) is 55.8 Å². The lowest BCUT2D eigenvalue weighted by Crippen LogP contribution is -2.42. The highest BCUT2D eigenvalue weighted by Crippen LogP contribution is 2.44. The zero-order chi connectivity index (χ0) is 19.8. The molecular formula is C21H22BrN3O3. The van der Waals surface area contributed by atoms with Gasteiger partial charge in [0.2, 0.25) is 5.91 Å². The van der Waals surface area contributed by atoms with Crippen LogP contribution in [0.2, 0.25) is 0 Å². The van der Waals surface area contributed by atoms with Crippen molar-refractivity contribution in [2.24, 2.45) is 5.92 Å². The molecule has 2 heterocycles. The first kappa shape index (κ1) is 19.1. The number of hydrazine groups is 1. The van der Waals surface area contributed by atoms with Crippen LogP contribution < -0.4 is 15.8 Å². The monoisotopic (exact) mass is 443 g/mol. The van der Waals surface area contributed by atoms with Gasteiger partial charge in [0, 0.05) is 22.1 Å². The Morgan fingerprint density at radius 2 is 1.93 bits per heavy atom. The third-order valence-corrected chi connectivity index (χ3v) is 5.92. The molecule has 2 saturated heterocycles. The Morgan fingerprint density at radius 3 is 2.61 bits per heavy atom. The normalized spacial score (nSPS) is 26.4. The number of halogens is 1. The first-order chi connectivity index (χ1) is 13.5. The summed E-state index contributed by atoms with van der Waals surface area (Å²) in [4.78, 5) is 27.0. The van der Waals surface area contributed by atoms with Crippen molar-refractivity contribution < 1.29 is 14.3 Å². The molecule has 4 rings (SSSR count). The van der Waals surface area contributed by atoms with Crippen LogP contribution in [-0.4, -0.2) is 30.6 Å². The molecule has 0 aromatic heterocycles. The van der Waals surface area contributed by atoms with E-state index in [1.165, 1.54) is 0 Å². The number of nitrogens with zero attached hydrogens (tertiary/aromatic N) is 1. The largest absolute Gasteiger partial charge is 0.462 e. The predicted molar refractivity (Wildman–Crippen MR) is 110 cm³/mol. The molecule has 2 fully saturated rings. The summed E-state index contributed by atoms with van der Waals surface area (Å²) in [5.41, 5.74) is 8.68. The molecule has 2 aliphatic heterocycles. The first-order valence-corrected chi connectivity index (χ1v) is 10.2. The van der Waals surface area contributed by atoms with E-state index in [1.54, 1.807) is 19.1 Å². The van der Waals surface area contributed by atoms with Crippen molar-refractivity contribution >= 4 is 33.5 Å². The number of hydrogen-bond acceptors (Lipinski definition) is 5. The molecule has 2 aromatic carbocycles. The van der Waals surface area contributed by atoms with Gasteiger partial charge in [0.1, 0.15) is 6.04 Å². The maximum Gasteiger partial charge on any atom is 0.338 e. The second kappa shape index (κ2) is 7.66. The highest BCUT2D eigenvalue weighted by atomic mass is 79.9. The Morgan fingerprint density at radius 1 is 1.18 bits per heavy atom. The number of rotatable bonds is 4. The minimum atomic E-state index is -0.360. The molecule has 1 amide bonds. The van der Waals surface area contributed by atoms with Crippen LogP contribution >= 0.6 is 15.9 Å². The molecule has 0 spiro atoms. The molecule has 4 unspecified atom stereocenters. The standard InChI is InChI=1S/C21H22BrN3O3/c1-3-28-21(27)13-7-9-16(10-8-13)25-19(14-5-4-6-15(22)11-14)17-12(2)23-24-18(17)20(25)26/h4-12,17-19,23-24H,3H2,1-2H3. The Labute approximate surface area is 172 Å². The fraction of sp³-hybridized carbons (Fsp3) is 0.333. The van der Waals surface area contributed by atoms with Crippen LogP contribution in [0, 0.1) is 5.92 Å². The maximum atomic E-state index is 13.2. The Hall–Kier alpha value is -2.22. The van der Waals surface area contributed by atoms with Gasteiger partial charge in [-0.2, -0.15) is 0 Å². The van der Waals surface area contributed by atoms with Crippen molar-refractivity contribution in [1.29, 1.82) is 0 Å². The summed E-state index contributed by atoms with van der Waals surface area (Å²) in [6.07, 6.45) is 0. The summed E-state index contributed by atoms with van der Waals surface area (Å²) in [7, 11) is 0. The molecule has 0 bridgehead atoms. The van der Waals surface area contributed by atoms with Gasteiger partial charge >= 0.3 is 5.97 Å². The Balaban J connectivity index is 1.73. The van der Waals surface area contributed by atoms with E-state index in [-0.39, 0.29) is 35.9 Å². The van der Waals surface area contributed by atoms with Crippen LogP contribution in [0.3, 0.4) is 0 Å². The summed E-state index contributed by atoms with van der Waals surface area (Å²) < 4.78 is 6.03. The molecule has 4 atom stereocenters. The summed E-state index contributed by atoms with van der Waals surface area (Å²) in [5.74, 6) is -0.246. The highest BCUT2D eigenvalue weighted by Gasteiger charge is 2.54. The average Bonchev–Trinajstić information content (AvgIpc) is 3.20. The number of carbonyl (C=O) groups is 2. The molecule has 0 saturated carbocycles. The lowest BCUT2D eigenvalue weighted by atomic mass is 9.87. The quantitative estimate of drug-likeness (QED) is 0.709. The van der Waals surface area contributed by atoms with Gasteiger partial charge in [-0.25, -0.2) is 10.2 Å². The summed E-state index contributed by atoms with van der Waals surface area (Å²) in [6.45, 7) is 4.19. The molecule has 28 heavy (non-hydrogen) atoms. The Kier molecular flexibility index (Phi) is 5.23. The van der Waals surface area contributed by atoms with Gasteiger partial charge in [-0.15, -0.1) is 0 Å². The number of fused-ring (bicyclic) bond motifs is 1. The number of hydrogen-bond donors (Lipinski definition) is 2. The van der Waals surface area contributed by atoms with E-state index in [0.29, 0.717) is 12.2 Å². The van der Waals surface area contributed by atoms with Crippen molar-refractivity contribution in [2.75, 3.05) is 11.5 Å². The number of benzene rings is 2. The second-order valence-electron chi connectivity index (χ2n) is 7.11. The predicted octanol–water partition coefficient (Wildman–Crippen LogP) is 3.19. The average molecular weight is 444 g/mol. The van der Waals surface area contributed by atoms with E-state index in [9.17, 15) is 9.59 Å². The van der Waals surface area contributed by atoms with Gasteiger partial charge < -0.3 is 9.64 Å². The summed E-state index contributed by atoms with van der Waals surface area (Å²) in [5, 5.41) is 0. The molecule has 6 nitrogen and oxygen atoms in total. The molecule has 0 radical (unpaired) electrons. The molecule has 2 aromatic rings. The minimum absolute atomic E-state index is 0.0238. The fourth-order valence-electron chi connectivity index (χ4n) is 4.17. The number of amides is 1. The smallest absolute Gasteiger partial charge is 0.338 e. The van der Waals surface area contributed by atoms with Gasteiger partial charge in [0.15, 0.2) is 0 Å². The van der Waals surface area contributed by atoms with Crippen molar-refractivity contribution in [2.45, 2.75) is 32.0 Å². The molecule has 0 aliphatic carbocycles. The van der Waals surface area contributed by atoms with Crippen LogP contribution in [0.25, 0.3) is 0 Å². The van der Waals surface area contributed by atoms with Crippen molar-refractivity contribution in [3.05, 3.63) is 64.1 Å².